The number of hydrogen-bond donors (Lipinski definition) is 1. The van der Waals surface area contributed by atoms with Crippen LogP contribution < -0.4 is 10.5 Å². The lowest BCUT2D eigenvalue weighted by atomic mass is 10.1. The molecule has 1 aromatic carbocycles. The van der Waals surface area contributed by atoms with Gasteiger partial charge in [-0.2, -0.15) is 0 Å². The standard InChI is InChI=1S/C15H24FNO/c1-3-4-5-6-7-10-18-13-8-9-14(12(2)17)15(16)11-13/h8-9,11-12H,3-7,10,17H2,1-2H3/t12-/m0/s1. The lowest BCUT2D eigenvalue weighted by Crippen LogP contribution is -2.07. The van der Waals surface area contributed by atoms with Gasteiger partial charge in [-0.3, -0.25) is 0 Å². The van der Waals surface area contributed by atoms with Crippen LogP contribution in [0.5, 0.6) is 5.75 Å². The zero-order chi connectivity index (χ0) is 13.4. The molecule has 0 saturated heterocycles. The highest BCUT2D eigenvalue weighted by molar-refractivity contribution is 5.30. The molecule has 0 bridgehead atoms. The fourth-order valence-corrected chi connectivity index (χ4v) is 1.86. The third-order valence-corrected chi connectivity index (χ3v) is 2.98. The van der Waals surface area contributed by atoms with Gasteiger partial charge in [0.1, 0.15) is 11.6 Å². The molecule has 1 atom stereocenters. The van der Waals surface area contributed by atoms with E-state index in [0.717, 1.165) is 6.42 Å². The maximum atomic E-state index is 13.6. The highest BCUT2D eigenvalue weighted by Gasteiger charge is 2.07. The Morgan fingerprint density at radius 1 is 1.22 bits per heavy atom. The van der Waals surface area contributed by atoms with Gasteiger partial charge in [-0.15, -0.1) is 0 Å². The van der Waals surface area contributed by atoms with E-state index in [1.807, 2.05) is 0 Å². The zero-order valence-electron chi connectivity index (χ0n) is 11.4. The Morgan fingerprint density at radius 3 is 2.56 bits per heavy atom. The Kier molecular flexibility index (Phi) is 6.73. The molecule has 0 aromatic heterocycles. The Labute approximate surface area is 109 Å². The van der Waals surface area contributed by atoms with Crippen LogP contribution in [-0.2, 0) is 0 Å². The fourth-order valence-electron chi connectivity index (χ4n) is 1.86. The van der Waals surface area contributed by atoms with Crippen LogP contribution in [0.15, 0.2) is 18.2 Å². The maximum absolute atomic E-state index is 13.6. The van der Waals surface area contributed by atoms with Crippen molar-refractivity contribution in [2.24, 2.45) is 5.73 Å². The van der Waals surface area contributed by atoms with Crippen molar-refractivity contribution in [3.63, 3.8) is 0 Å². The Balaban J connectivity index is 2.33. The van der Waals surface area contributed by atoms with Crippen molar-refractivity contribution in [2.75, 3.05) is 6.61 Å². The molecule has 1 aromatic rings. The number of rotatable bonds is 8. The lowest BCUT2D eigenvalue weighted by Gasteiger charge is -2.10. The van der Waals surface area contributed by atoms with Crippen LogP contribution in [0.2, 0.25) is 0 Å². The van der Waals surface area contributed by atoms with Gasteiger partial charge in [-0.1, -0.05) is 38.7 Å². The highest BCUT2D eigenvalue weighted by atomic mass is 19.1. The van der Waals surface area contributed by atoms with E-state index in [1.54, 1.807) is 19.1 Å². The van der Waals surface area contributed by atoms with E-state index in [1.165, 1.54) is 31.7 Å². The molecule has 0 aliphatic carbocycles. The smallest absolute Gasteiger partial charge is 0.131 e. The second-order valence-electron chi connectivity index (χ2n) is 4.73. The first-order valence-corrected chi connectivity index (χ1v) is 6.83. The molecule has 0 amide bonds. The molecule has 0 radical (unpaired) electrons. The average Bonchev–Trinajstić information content (AvgIpc) is 2.33. The summed E-state index contributed by atoms with van der Waals surface area (Å²) in [4.78, 5) is 0. The van der Waals surface area contributed by atoms with Gasteiger partial charge in [0.05, 0.1) is 6.61 Å². The van der Waals surface area contributed by atoms with Gasteiger partial charge >= 0.3 is 0 Å². The summed E-state index contributed by atoms with van der Waals surface area (Å²) in [5.74, 6) is 0.306. The van der Waals surface area contributed by atoms with Gasteiger partial charge in [0.25, 0.3) is 0 Å². The molecule has 0 fully saturated rings. The van der Waals surface area contributed by atoms with Crippen molar-refractivity contribution >= 4 is 0 Å². The molecular formula is C15H24FNO. The van der Waals surface area contributed by atoms with Crippen LogP contribution in [0.25, 0.3) is 0 Å². The number of halogens is 1. The summed E-state index contributed by atoms with van der Waals surface area (Å²) in [6.45, 7) is 4.62. The fraction of sp³-hybridized carbons (Fsp3) is 0.600. The summed E-state index contributed by atoms with van der Waals surface area (Å²) >= 11 is 0. The van der Waals surface area contributed by atoms with E-state index in [4.69, 9.17) is 10.5 Å². The molecule has 0 aliphatic rings. The van der Waals surface area contributed by atoms with Gasteiger partial charge in [0.2, 0.25) is 0 Å². The molecular weight excluding hydrogens is 229 g/mol. The van der Waals surface area contributed by atoms with Crippen LogP contribution >= 0.6 is 0 Å². The average molecular weight is 253 g/mol. The summed E-state index contributed by atoms with van der Waals surface area (Å²) < 4.78 is 19.1. The van der Waals surface area contributed by atoms with Gasteiger partial charge in [-0.05, 0) is 19.4 Å². The van der Waals surface area contributed by atoms with Crippen LogP contribution in [0.4, 0.5) is 4.39 Å². The molecule has 102 valence electrons. The minimum Gasteiger partial charge on any atom is -0.493 e. The monoisotopic (exact) mass is 253 g/mol. The van der Waals surface area contributed by atoms with Gasteiger partial charge in [-0.25, -0.2) is 4.39 Å². The van der Waals surface area contributed by atoms with E-state index >= 15 is 0 Å². The first-order chi connectivity index (χ1) is 8.65. The van der Waals surface area contributed by atoms with E-state index in [0.29, 0.717) is 17.9 Å². The number of ether oxygens (including phenoxy) is 1. The van der Waals surface area contributed by atoms with E-state index in [2.05, 4.69) is 6.92 Å². The number of hydrogen-bond acceptors (Lipinski definition) is 2. The second kappa shape index (κ2) is 8.09. The zero-order valence-corrected chi connectivity index (χ0v) is 11.4. The summed E-state index contributed by atoms with van der Waals surface area (Å²) in [6.07, 6.45) is 5.96. The SMILES string of the molecule is CCCCCCCOc1ccc([C@H](C)N)c(F)c1. The van der Waals surface area contributed by atoms with Crippen LogP contribution in [-0.4, -0.2) is 6.61 Å². The lowest BCUT2D eigenvalue weighted by molar-refractivity contribution is 0.303. The van der Waals surface area contributed by atoms with E-state index < -0.39 is 0 Å². The molecule has 3 heteroatoms. The highest BCUT2D eigenvalue weighted by Crippen LogP contribution is 2.20. The number of unbranched alkanes of at least 4 members (excludes halogenated alkanes) is 4. The summed E-state index contributed by atoms with van der Waals surface area (Å²) in [7, 11) is 0. The van der Waals surface area contributed by atoms with Crippen molar-refractivity contribution in [1.82, 2.24) is 0 Å². The first-order valence-electron chi connectivity index (χ1n) is 6.83. The minimum atomic E-state index is -0.284. The first kappa shape index (κ1) is 15.0. The predicted molar refractivity (Wildman–Crippen MR) is 73.3 cm³/mol. The molecule has 1 rings (SSSR count). The molecule has 2 N–H and O–H groups in total. The molecule has 2 nitrogen and oxygen atoms in total. The Bertz CT molecular complexity index is 352. The summed E-state index contributed by atoms with van der Waals surface area (Å²) in [5, 5.41) is 0. The predicted octanol–water partition coefficient (Wildman–Crippen LogP) is 4.19. The van der Waals surface area contributed by atoms with E-state index in [-0.39, 0.29) is 11.9 Å². The molecule has 0 aliphatic heterocycles. The molecule has 0 heterocycles. The van der Waals surface area contributed by atoms with Crippen molar-refractivity contribution in [3.8, 4) is 5.75 Å². The number of benzene rings is 1. The van der Waals surface area contributed by atoms with Gasteiger partial charge in [0, 0.05) is 17.7 Å². The van der Waals surface area contributed by atoms with Crippen molar-refractivity contribution in [3.05, 3.63) is 29.6 Å². The second-order valence-corrected chi connectivity index (χ2v) is 4.73. The quantitative estimate of drug-likeness (QED) is 0.705. The van der Waals surface area contributed by atoms with Crippen molar-refractivity contribution in [2.45, 2.75) is 52.0 Å². The largest absolute Gasteiger partial charge is 0.493 e. The third kappa shape index (κ3) is 5.05. The molecule has 0 spiro atoms. The van der Waals surface area contributed by atoms with Gasteiger partial charge in [0.15, 0.2) is 0 Å². The van der Waals surface area contributed by atoms with E-state index in [9.17, 15) is 4.39 Å². The van der Waals surface area contributed by atoms with Crippen molar-refractivity contribution in [1.29, 1.82) is 0 Å². The van der Waals surface area contributed by atoms with Crippen LogP contribution in [0, 0.1) is 5.82 Å². The Morgan fingerprint density at radius 2 is 1.94 bits per heavy atom. The normalized spacial score (nSPS) is 12.4. The topological polar surface area (TPSA) is 35.2 Å². The summed E-state index contributed by atoms with van der Waals surface area (Å²) in [6, 6.07) is 4.62. The van der Waals surface area contributed by atoms with Crippen molar-refractivity contribution < 1.29 is 9.13 Å². The maximum Gasteiger partial charge on any atom is 0.131 e. The Hall–Kier alpha value is -1.09. The number of nitrogens with two attached hydrogens (primary N) is 1. The van der Waals surface area contributed by atoms with Crippen LogP contribution in [0.3, 0.4) is 0 Å². The third-order valence-electron chi connectivity index (χ3n) is 2.98. The van der Waals surface area contributed by atoms with Gasteiger partial charge < -0.3 is 10.5 Å². The molecule has 18 heavy (non-hydrogen) atoms. The molecule has 0 saturated carbocycles. The van der Waals surface area contributed by atoms with Crippen LogP contribution in [0.1, 0.15) is 57.6 Å². The minimum absolute atomic E-state index is 0.284. The molecule has 0 unspecified atom stereocenters. The summed E-state index contributed by atoms with van der Waals surface area (Å²) in [5.41, 5.74) is 6.18.